The fourth-order valence-corrected chi connectivity index (χ4v) is 1.60. The topological polar surface area (TPSA) is 26.0 Å². The van der Waals surface area contributed by atoms with Crippen molar-refractivity contribution in [3.63, 3.8) is 0 Å². The molecule has 3 heteroatoms. The molecule has 0 unspecified atom stereocenters. The molecule has 0 bridgehead atoms. The molecule has 0 atom stereocenters. The molecule has 0 spiro atoms. The second-order valence-electron chi connectivity index (χ2n) is 3.73. The highest BCUT2D eigenvalue weighted by Gasteiger charge is 2.09. The summed E-state index contributed by atoms with van der Waals surface area (Å²) in [7, 11) is 0. The minimum Gasteiger partial charge on any atom is -0.396 e. The average molecular weight is 219 g/mol. The van der Waals surface area contributed by atoms with E-state index in [2.05, 4.69) is 0 Å². The Balaban J connectivity index is 2.57. The van der Waals surface area contributed by atoms with Crippen molar-refractivity contribution >= 4 is 5.69 Å². The predicted octanol–water partition coefficient (Wildman–Crippen LogP) is 3.52. The molecule has 0 aliphatic carbocycles. The monoisotopic (exact) mass is 219 g/mol. The maximum atomic E-state index is 13.2. The maximum Gasteiger partial charge on any atom is 0.181 e. The molecule has 2 aromatic rings. The zero-order chi connectivity index (χ0) is 11.7. The molecule has 0 amide bonds. The predicted molar refractivity (Wildman–Crippen MR) is 60.9 cm³/mol. The van der Waals surface area contributed by atoms with Crippen molar-refractivity contribution in [1.82, 2.24) is 0 Å². The molecular formula is C13H11F2N. The average Bonchev–Trinajstić information content (AvgIpc) is 2.25. The van der Waals surface area contributed by atoms with E-state index < -0.39 is 11.6 Å². The third kappa shape index (κ3) is 1.89. The Kier molecular flexibility index (Phi) is 2.60. The number of nitrogen functional groups attached to an aromatic ring is 1. The fraction of sp³-hybridized carbons (Fsp3) is 0.0769. The minimum absolute atomic E-state index is 0.170. The van der Waals surface area contributed by atoms with Gasteiger partial charge in [-0.25, -0.2) is 8.78 Å². The summed E-state index contributed by atoms with van der Waals surface area (Å²) in [5, 5.41) is 0. The molecule has 2 N–H and O–H groups in total. The van der Waals surface area contributed by atoms with Crippen molar-refractivity contribution in [2.45, 2.75) is 6.92 Å². The van der Waals surface area contributed by atoms with Crippen molar-refractivity contribution < 1.29 is 8.78 Å². The first-order chi connectivity index (χ1) is 7.58. The van der Waals surface area contributed by atoms with Crippen LogP contribution in [-0.4, -0.2) is 0 Å². The lowest BCUT2D eigenvalue weighted by Gasteiger charge is -2.05. The molecule has 0 fully saturated rings. The first kappa shape index (κ1) is 10.6. The van der Waals surface area contributed by atoms with Crippen LogP contribution in [0.5, 0.6) is 0 Å². The summed E-state index contributed by atoms with van der Waals surface area (Å²) in [6, 6.07) is 10.1. The van der Waals surface area contributed by atoms with Crippen LogP contribution in [0.25, 0.3) is 11.1 Å². The van der Waals surface area contributed by atoms with Gasteiger partial charge in [0, 0.05) is 0 Å². The molecule has 0 aromatic heterocycles. The third-order valence-electron chi connectivity index (χ3n) is 2.41. The van der Waals surface area contributed by atoms with Gasteiger partial charge in [-0.05, 0) is 30.2 Å². The lowest BCUT2D eigenvalue weighted by molar-refractivity contribution is 0.512. The Hall–Kier alpha value is -1.90. The van der Waals surface area contributed by atoms with E-state index in [9.17, 15) is 8.78 Å². The van der Waals surface area contributed by atoms with Crippen molar-refractivity contribution in [2.75, 3.05) is 5.73 Å². The van der Waals surface area contributed by atoms with Gasteiger partial charge >= 0.3 is 0 Å². The van der Waals surface area contributed by atoms with Gasteiger partial charge in [0.1, 0.15) is 0 Å². The number of benzene rings is 2. The molecular weight excluding hydrogens is 208 g/mol. The van der Waals surface area contributed by atoms with Gasteiger partial charge in [0.2, 0.25) is 0 Å². The van der Waals surface area contributed by atoms with Gasteiger partial charge in [-0.1, -0.05) is 29.8 Å². The van der Waals surface area contributed by atoms with Crippen LogP contribution in [0.3, 0.4) is 0 Å². The quantitative estimate of drug-likeness (QED) is 0.729. The summed E-state index contributed by atoms with van der Waals surface area (Å²) in [5.74, 6) is -1.91. The summed E-state index contributed by atoms with van der Waals surface area (Å²) in [6.07, 6.45) is 0. The van der Waals surface area contributed by atoms with E-state index in [4.69, 9.17) is 5.73 Å². The van der Waals surface area contributed by atoms with Crippen molar-refractivity contribution in [2.24, 2.45) is 0 Å². The number of hydrogen-bond acceptors (Lipinski definition) is 1. The van der Waals surface area contributed by atoms with Crippen LogP contribution in [0.2, 0.25) is 0 Å². The smallest absolute Gasteiger partial charge is 0.181 e. The molecule has 0 aliphatic rings. The normalized spacial score (nSPS) is 10.4. The van der Waals surface area contributed by atoms with Gasteiger partial charge in [0.05, 0.1) is 5.69 Å². The maximum absolute atomic E-state index is 13.2. The second kappa shape index (κ2) is 3.93. The molecule has 0 saturated heterocycles. The van der Waals surface area contributed by atoms with Crippen LogP contribution in [0.1, 0.15) is 5.56 Å². The highest BCUT2D eigenvalue weighted by Crippen LogP contribution is 2.26. The van der Waals surface area contributed by atoms with Crippen molar-refractivity contribution in [1.29, 1.82) is 0 Å². The van der Waals surface area contributed by atoms with Gasteiger partial charge in [-0.2, -0.15) is 0 Å². The number of nitrogens with two attached hydrogens (primary N) is 1. The van der Waals surface area contributed by atoms with Crippen LogP contribution in [-0.2, 0) is 0 Å². The van der Waals surface area contributed by atoms with E-state index in [-0.39, 0.29) is 5.69 Å². The zero-order valence-corrected chi connectivity index (χ0v) is 8.80. The van der Waals surface area contributed by atoms with E-state index in [1.54, 1.807) is 0 Å². The van der Waals surface area contributed by atoms with Gasteiger partial charge in [0.25, 0.3) is 0 Å². The molecule has 0 heterocycles. The van der Waals surface area contributed by atoms with E-state index in [1.165, 1.54) is 6.07 Å². The standard InChI is InChI=1S/C13H11F2N/c1-8-3-2-4-9(5-8)10-6-11(14)13(15)12(16)7-10/h2-7H,16H2,1H3. The molecule has 2 rings (SSSR count). The minimum atomic E-state index is -0.989. The molecule has 82 valence electrons. The van der Waals surface area contributed by atoms with Gasteiger partial charge in [-0.15, -0.1) is 0 Å². The number of hydrogen-bond donors (Lipinski definition) is 1. The lowest BCUT2D eigenvalue weighted by Crippen LogP contribution is -1.95. The summed E-state index contributed by atoms with van der Waals surface area (Å²) in [6.45, 7) is 1.94. The Morgan fingerprint density at radius 2 is 1.75 bits per heavy atom. The number of anilines is 1. The van der Waals surface area contributed by atoms with Gasteiger partial charge in [-0.3, -0.25) is 0 Å². The molecule has 1 nitrogen and oxygen atoms in total. The summed E-state index contributed by atoms with van der Waals surface area (Å²) in [5.41, 5.74) is 7.68. The largest absolute Gasteiger partial charge is 0.396 e. The number of rotatable bonds is 1. The van der Waals surface area contributed by atoms with E-state index in [0.717, 1.165) is 17.2 Å². The van der Waals surface area contributed by atoms with Crippen LogP contribution in [0.15, 0.2) is 36.4 Å². The van der Waals surface area contributed by atoms with E-state index in [1.807, 2.05) is 31.2 Å². The summed E-state index contributed by atoms with van der Waals surface area (Å²) in [4.78, 5) is 0. The third-order valence-corrected chi connectivity index (χ3v) is 2.41. The number of aryl methyl sites for hydroxylation is 1. The van der Waals surface area contributed by atoms with Crippen LogP contribution in [0, 0.1) is 18.6 Å². The van der Waals surface area contributed by atoms with Crippen LogP contribution >= 0.6 is 0 Å². The Morgan fingerprint density at radius 1 is 1.00 bits per heavy atom. The Morgan fingerprint density at radius 3 is 2.38 bits per heavy atom. The van der Waals surface area contributed by atoms with Crippen molar-refractivity contribution in [3.05, 3.63) is 53.6 Å². The molecule has 2 aromatic carbocycles. The first-order valence-corrected chi connectivity index (χ1v) is 4.89. The Labute approximate surface area is 92.5 Å². The van der Waals surface area contributed by atoms with Crippen LogP contribution < -0.4 is 5.73 Å². The highest BCUT2D eigenvalue weighted by molar-refractivity contribution is 5.68. The number of halogens is 2. The van der Waals surface area contributed by atoms with Crippen molar-refractivity contribution in [3.8, 4) is 11.1 Å². The van der Waals surface area contributed by atoms with E-state index >= 15 is 0 Å². The SMILES string of the molecule is Cc1cccc(-c2cc(N)c(F)c(F)c2)c1. The summed E-state index contributed by atoms with van der Waals surface area (Å²) >= 11 is 0. The molecule has 0 radical (unpaired) electrons. The molecule has 16 heavy (non-hydrogen) atoms. The summed E-state index contributed by atoms with van der Waals surface area (Å²) < 4.78 is 26.2. The Bertz CT molecular complexity index is 512. The first-order valence-electron chi connectivity index (χ1n) is 4.89. The molecule has 0 saturated carbocycles. The van der Waals surface area contributed by atoms with Gasteiger partial charge < -0.3 is 5.73 Å². The van der Waals surface area contributed by atoms with Crippen LogP contribution in [0.4, 0.5) is 14.5 Å². The highest BCUT2D eigenvalue weighted by atomic mass is 19.2. The lowest BCUT2D eigenvalue weighted by atomic mass is 10.0. The zero-order valence-electron chi connectivity index (χ0n) is 8.80. The second-order valence-corrected chi connectivity index (χ2v) is 3.73. The van der Waals surface area contributed by atoms with Gasteiger partial charge in [0.15, 0.2) is 11.6 Å². The molecule has 0 aliphatic heterocycles. The van der Waals surface area contributed by atoms with E-state index in [0.29, 0.717) is 5.56 Å². The fourth-order valence-electron chi connectivity index (χ4n) is 1.60.